The molecule has 1 aromatic rings. The predicted octanol–water partition coefficient (Wildman–Crippen LogP) is -0.316. The van der Waals surface area contributed by atoms with Crippen LogP contribution < -0.4 is 16.8 Å². The predicted molar refractivity (Wildman–Crippen MR) is 63.1 cm³/mol. The van der Waals surface area contributed by atoms with Gasteiger partial charge in [-0.3, -0.25) is 14.7 Å². The second-order valence-corrected chi connectivity index (χ2v) is 4.59. The Morgan fingerprint density at radius 2 is 2.06 bits per heavy atom. The zero-order chi connectivity index (χ0) is 13.2. The summed E-state index contributed by atoms with van der Waals surface area (Å²) in [6.07, 6.45) is 0.0511. The monoisotopic (exact) mass is 239 g/mol. The molecule has 17 heavy (non-hydrogen) atoms. The normalized spacial score (nSPS) is 11.2. The summed E-state index contributed by atoms with van der Waals surface area (Å²) >= 11 is 0. The summed E-state index contributed by atoms with van der Waals surface area (Å²) in [7, 11) is 0. The molecule has 0 aliphatic rings. The Bertz CT molecular complexity index is 430. The highest BCUT2D eigenvalue weighted by atomic mass is 16.2. The van der Waals surface area contributed by atoms with Crippen molar-refractivity contribution < 1.29 is 9.59 Å². The fraction of sp³-hybridized carbons (Fsp3) is 0.500. The SMILES string of the molecule is Cc1[nH]nc(N)c1C(=O)NC(C)(C)CC(N)=O. The van der Waals surface area contributed by atoms with Crippen molar-refractivity contribution >= 4 is 17.6 Å². The Morgan fingerprint density at radius 3 is 2.47 bits per heavy atom. The second kappa shape index (κ2) is 4.44. The minimum Gasteiger partial charge on any atom is -0.382 e. The lowest BCUT2D eigenvalue weighted by atomic mass is 9.99. The first kappa shape index (κ1) is 13.0. The van der Waals surface area contributed by atoms with Gasteiger partial charge in [0.1, 0.15) is 5.56 Å². The van der Waals surface area contributed by atoms with Gasteiger partial charge in [-0.25, -0.2) is 0 Å². The molecule has 0 aliphatic carbocycles. The number of aromatic nitrogens is 2. The molecule has 0 atom stereocenters. The summed E-state index contributed by atoms with van der Waals surface area (Å²) in [5.74, 6) is -0.720. The smallest absolute Gasteiger partial charge is 0.257 e. The van der Waals surface area contributed by atoms with E-state index in [0.29, 0.717) is 11.3 Å². The summed E-state index contributed by atoms with van der Waals surface area (Å²) < 4.78 is 0. The van der Waals surface area contributed by atoms with Crippen LogP contribution in [0.25, 0.3) is 0 Å². The van der Waals surface area contributed by atoms with E-state index < -0.39 is 11.4 Å². The highest BCUT2D eigenvalue weighted by Gasteiger charge is 2.26. The van der Waals surface area contributed by atoms with E-state index in [9.17, 15) is 9.59 Å². The molecule has 0 fully saturated rings. The van der Waals surface area contributed by atoms with Crippen LogP contribution in [0.15, 0.2) is 0 Å². The Hall–Kier alpha value is -2.05. The third kappa shape index (κ3) is 3.20. The number of hydrogen-bond acceptors (Lipinski definition) is 4. The molecule has 1 rings (SSSR count). The first-order valence-corrected chi connectivity index (χ1v) is 5.14. The van der Waals surface area contributed by atoms with Crippen LogP contribution in [0.3, 0.4) is 0 Å². The third-order valence-corrected chi connectivity index (χ3v) is 2.27. The lowest BCUT2D eigenvalue weighted by Crippen LogP contribution is -2.46. The quantitative estimate of drug-likeness (QED) is 0.574. The van der Waals surface area contributed by atoms with Crippen LogP contribution in [-0.4, -0.2) is 27.6 Å². The van der Waals surface area contributed by atoms with Gasteiger partial charge in [-0.05, 0) is 20.8 Å². The summed E-state index contributed by atoms with van der Waals surface area (Å²) in [5, 5.41) is 9.04. The van der Waals surface area contributed by atoms with Gasteiger partial charge < -0.3 is 16.8 Å². The van der Waals surface area contributed by atoms with Crippen LogP contribution in [0.2, 0.25) is 0 Å². The molecule has 0 aromatic carbocycles. The van der Waals surface area contributed by atoms with E-state index in [2.05, 4.69) is 15.5 Å². The van der Waals surface area contributed by atoms with Crippen molar-refractivity contribution in [1.82, 2.24) is 15.5 Å². The van der Waals surface area contributed by atoms with E-state index in [4.69, 9.17) is 11.5 Å². The first-order chi connectivity index (χ1) is 7.73. The van der Waals surface area contributed by atoms with E-state index in [0.717, 1.165) is 0 Å². The number of nitrogens with two attached hydrogens (primary N) is 2. The molecule has 1 heterocycles. The molecule has 7 heteroatoms. The van der Waals surface area contributed by atoms with Crippen LogP contribution in [0, 0.1) is 6.92 Å². The van der Waals surface area contributed by atoms with E-state index in [1.807, 2.05) is 0 Å². The number of nitrogen functional groups attached to an aromatic ring is 1. The van der Waals surface area contributed by atoms with Crippen LogP contribution in [0.4, 0.5) is 5.82 Å². The number of amides is 2. The van der Waals surface area contributed by atoms with Crippen molar-refractivity contribution in [3.05, 3.63) is 11.3 Å². The Morgan fingerprint density at radius 1 is 1.47 bits per heavy atom. The molecule has 0 unspecified atom stereocenters. The number of rotatable bonds is 4. The Balaban J connectivity index is 2.83. The van der Waals surface area contributed by atoms with Crippen LogP contribution in [0.1, 0.15) is 36.3 Å². The Kier molecular flexibility index (Phi) is 3.40. The molecule has 0 aliphatic heterocycles. The largest absolute Gasteiger partial charge is 0.382 e. The summed E-state index contributed by atoms with van der Waals surface area (Å²) in [6, 6.07) is 0. The molecule has 94 valence electrons. The van der Waals surface area contributed by atoms with Gasteiger partial charge in [-0.2, -0.15) is 5.10 Å². The van der Waals surface area contributed by atoms with Gasteiger partial charge >= 0.3 is 0 Å². The van der Waals surface area contributed by atoms with Gasteiger partial charge in [-0.15, -0.1) is 0 Å². The molecule has 1 aromatic heterocycles. The maximum atomic E-state index is 11.9. The first-order valence-electron chi connectivity index (χ1n) is 5.14. The summed E-state index contributed by atoms with van der Waals surface area (Å²) in [4.78, 5) is 22.8. The number of primary amides is 1. The highest BCUT2D eigenvalue weighted by molar-refractivity contribution is 6.00. The molecule has 0 radical (unpaired) electrons. The zero-order valence-electron chi connectivity index (χ0n) is 10.1. The minimum atomic E-state index is -0.723. The standard InChI is InChI=1S/C10H17N5O2/c1-5-7(8(12)15-14-5)9(17)13-10(2,3)4-6(11)16/h4H2,1-3H3,(H2,11,16)(H,13,17)(H3,12,14,15). The zero-order valence-corrected chi connectivity index (χ0v) is 10.1. The minimum absolute atomic E-state index is 0.0511. The molecule has 0 saturated heterocycles. The Labute approximate surface area is 98.9 Å². The number of nitrogens with zero attached hydrogens (tertiary/aromatic N) is 1. The molecule has 0 bridgehead atoms. The van der Waals surface area contributed by atoms with Crippen LogP contribution in [0.5, 0.6) is 0 Å². The summed E-state index contributed by atoms with van der Waals surface area (Å²) in [6.45, 7) is 5.11. The van der Waals surface area contributed by atoms with Gasteiger partial charge in [0.15, 0.2) is 5.82 Å². The number of nitrogens with one attached hydrogen (secondary N) is 2. The number of carbonyl (C=O) groups is 2. The number of anilines is 1. The molecular weight excluding hydrogens is 222 g/mol. The lowest BCUT2D eigenvalue weighted by Gasteiger charge is -2.24. The van der Waals surface area contributed by atoms with Gasteiger partial charge in [0.25, 0.3) is 5.91 Å². The van der Waals surface area contributed by atoms with Crippen molar-refractivity contribution in [2.45, 2.75) is 32.7 Å². The van der Waals surface area contributed by atoms with E-state index in [1.54, 1.807) is 20.8 Å². The second-order valence-electron chi connectivity index (χ2n) is 4.59. The van der Waals surface area contributed by atoms with E-state index in [-0.39, 0.29) is 18.1 Å². The van der Waals surface area contributed by atoms with Crippen LogP contribution in [-0.2, 0) is 4.79 Å². The number of H-pyrrole nitrogens is 1. The molecule has 6 N–H and O–H groups in total. The highest BCUT2D eigenvalue weighted by Crippen LogP contribution is 2.15. The molecule has 2 amide bonds. The van der Waals surface area contributed by atoms with Gasteiger partial charge in [0.2, 0.25) is 5.91 Å². The molecular formula is C10H17N5O2. The molecule has 7 nitrogen and oxygen atoms in total. The van der Waals surface area contributed by atoms with Crippen molar-refractivity contribution in [3.63, 3.8) is 0 Å². The lowest BCUT2D eigenvalue weighted by molar-refractivity contribution is -0.119. The van der Waals surface area contributed by atoms with E-state index in [1.165, 1.54) is 0 Å². The average molecular weight is 239 g/mol. The van der Waals surface area contributed by atoms with Gasteiger partial charge in [0, 0.05) is 17.7 Å². The molecule has 0 saturated carbocycles. The van der Waals surface area contributed by atoms with Crippen molar-refractivity contribution in [1.29, 1.82) is 0 Å². The number of hydrogen-bond donors (Lipinski definition) is 4. The summed E-state index contributed by atoms with van der Waals surface area (Å²) in [5.41, 5.74) is 10.8. The molecule has 0 spiro atoms. The van der Waals surface area contributed by atoms with Crippen molar-refractivity contribution in [2.75, 3.05) is 5.73 Å². The number of aromatic amines is 1. The fourth-order valence-corrected chi connectivity index (χ4v) is 1.58. The fourth-order valence-electron chi connectivity index (χ4n) is 1.58. The maximum Gasteiger partial charge on any atom is 0.257 e. The average Bonchev–Trinajstić information content (AvgIpc) is 2.42. The topological polar surface area (TPSA) is 127 Å². The van der Waals surface area contributed by atoms with Crippen molar-refractivity contribution in [3.8, 4) is 0 Å². The number of carbonyl (C=O) groups excluding carboxylic acids is 2. The van der Waals surface area contributed by atoms with Gasteiger partial charge in [-0.1, -0.05) is 0 Å². The number of aryl methyl sites for hydroxylation is 1. The van der Waals surface area contributed by atoms with Gasteiger partial charge in [0.05, 0.1) is 0 Å². The maximum absolute atomic E-state index is 11.9. The van der Waals surface area contributed by atoms with Crippen molar-refractivity contribution in [2.24, 2.45) is 5.73 Å². The third-order valence-electron chi connectivity index (χ3n) is 2.27. The van der Waals surface area contributed by atoms with E-state index >= 15 is 0 Å². The van der Waals surface area contributed by atoms with Crippen LogP contribution >= 0.6 is 0 Å².